The zero-order valence-electron chi connectivity index (χ0n) is 19.6. The van der Waals surface area contributed by atoms with Crippen molar-refractivity contribution in [3.05, 3.63) is 70.5 Å². The third-order valence-electron chi connectivity index (χ3n) is 6.16. The fourth-order valence-electron chi connectivity index (χ4n) is 4.40. The number of aliphatic imine (C=N–C) groups is 1. The first-order valence-corrected chi connectivity index (χ1v) is 11.5. The Labute approximate surface area is 194 Å². The maximum atomic E-state index is 13.3. The quantitative estimate of drug-likeness (QED) is 0.401. The summed E-state index contributed by atoms with van der Waals surface area (Å²) < 4.78 is 1.72. The summed E-state index contributed by atoms with van der Waals surface area (Å²) in [5.41, 5.74) is 2.84. The Morgan fingerprint density at radius 2 is 1.79 bits per heavy atom. The highest BCUT2D eigenvalue weighted by Crippen LogP contribution is 2.43. The number of benzene rings is 2. The summed E-state index contributed by atoms with van der Waals surface area (Å²) in [7, 11) is 1.63. The summed E-state index contributed by atoms with van der Waals surface area (Å²) in [5.74, 6) is 0.619. The Bertz CT molecular complexity index is 1280. The molecular formula is C27H30N4O2. The van der Waals surface area contributed by atoms with Gasteiger partial charge in [0, 0.05) is 29.9 Å². The van der Waals surface area contributed by atoms with Crippen LogP contribution in [0.2, 0.25) is 0 Å². The zero-order valence-corrected chi connectivity index (χ0v) is 19.6. The lowest BCUT2D eigenvalue weighted by atomic mass is 9.99. The van der Waals surface area contributed by atoms with Gasteiger partial charge in [0.1, 0.15) is 0 Å². The van der Waals surface area contributed by atoms with E-state index in [1.165, 1.54) is 6.21 Å². The molecule has 1 aromatic heterocycles. The molecule has 1 atom stereocenters. The molecule has 1 aliphatic carbocycles. The lowest BCUT2D eigenvalue weighted by Gasteiger charge is -2.23. The van der Waals surface area contributed by atoms with Crippen molar-refractivity contribution in [1.29, 1.82) is 0 Å². The number of hydrogen-bond donors (Lipinski definition) is 1. The molecule has 1 fully saturated rings. The van der Waals surface area contributed by atoms with Crippen molar-refractivity contribution in [2.75, 3.05) is 12.4 Å². The molecule has 0 aliphatic heterocycles. The van der Waals surface area contributed by atoms with Crippen LogP contribution in [0.25, 0.3) is 22.0 Å². The van der Waals surface area contributed by atoms with Gasteiger partial charge in [-0.2, -0.15) is 5.10 Å². The highest BCUT2D eigenvalue weighted by atomic mass is 16.1. The summed E-state index contributed by atoms with van der Waals surface area (Å²) in [6.45, 7) is 6.12. The molecule has 0 saturated heterocycles. The van der Waals surface area contributed by atoms with Gasteiger partial charge in [-0.3, -0.25) is 14.6 Å². The first kappa shape index (κ1) is 22.6. The van der Waals surface area contributed by atoms with Crippen LogP contribution < -0.4 is 10.9 Å². The third-order valence-corrected chi connectivity index (χ3v) is 6.16. The summed E-state index contributed by atoms with van der Waals surface area (Å²) in [6, 6.07) is 15.3. The molecule has 1 amide bonds. The van der Waals surface area contributed by atoms with E-state index >= 15 is 0 Å². The number of amides is 1. The van der Waals surface area contributed by atoms with E-state index in [0.29, 0.717) is 28.5 Å². The van der Waals surface area contributed by atoms with Gasteiger partial charge in [0.15, 0.2) is 0 Å². The Morgan fingerprint density at radius 3 is 2.36 bits per heavy atom. The number of carbonyl (C=O) groups excluding carboxylic acids is 1. The summed E-state index contributed by atoms with van der Waals surface area (Å²) >= 11 is 0. The predicted molar refractivity (Wildman–Crippen MR) is 135 cm³/mol. The van der Waals surface area contributed by atoms with Crippen LogP contribution in [-0.2, 0) is 4.79 Å². The van der Waals surface area contributed by atoms with Crippen LogP contribution in [0.4, 0.5) is 5.69 Å². The average Bonchev–Trinajstić information content (AvgIpc) is 3.64. The number of hydrogen-bond acceptors (Lipinski definition) is 4. The van der Waals surface area contributed by atoms with E-state index in [-0.39, 0.29) is 17.5 Å². The minimum Gasteiger partial charge on any atom is -0.322 e. The van der Waals surface area contributed by atoms with E-state index in [1.54, 1.807) is 24.7 Å². The van der Waals surface area contributed by atoms with Crippen molar-refractivity contribution in [3.8, 4) is 11.3 Å². The normalized spacial score (nSPS) is 15.4. The average molecular weight is 443 g/mol. The molecule has 1 saturated carbocycles. The summed E-state index contributed by atoms with van der Waals surface area (Å²) in [5, 5.41) is 9.32. The van der Waals surface area contributed by atoms with Gasteiger partial charge < -0.3 is 5.32 Å². The van der Waals surface area contributed by atoms with E-state index in [0.717, 1.165) is 29.5 Å². The second kappa shape index (κ2) is 9.53. The number of nitrogens with zero attached hydrogens (tertiary/aromatic N) is 3. The maximum Gasteiger partial charge on any atom is 0.274 e. The number of fused-ring (bicyclic) bond motifs is 1. The second-order valence-electron chi connectivity index (χ2n) is 8.88. The fourth-order valence-corrected chi connectivity index (χ4v) is 4.40. The molecule has 6 heteroatoms. The Morgan fingerprint density at radius 1 is 1.12 bits per heavy atom. The van der Waals surface area contributed by atoms with E-state index in [4.69, 9.17) is 5.10 Å². The fraction of sp³-hybridized carbons (Fsp3) is 0.333. The molecule has 4 rings (SSSR count). The first-order valence-electron chi connectivity index (χ1n) is 11.5. The van der Waals surface area contributed by atoms with Crippen molar-refractivity contribution in [1.82, 2.24) is 9.78 Å². The van der Waals surface area contributed by atoms with Crippen LogP contribution in [0.1, 0.15) is 39.7 Å². The van der Waals surface area contributed by atoms with E-state index in [9.17, 15) is 9.59 Å². The zero-order chi connectivity index (χ0) is 23.5. The van der Waals surface area contributed by atoms with Gasteiger partial charge in [-0.1, -0.05) is 50.3 Å². The van der Waals surface area contributed by atoms with Crippen LogP contribution in [-0.4, -0.2) is 28.9 Å². The van der Waals surface area contributed by atoms with Crippen molar-refractivity contribution in [2.45, 2.75) is 39.7 Å². The topological polar surface area (TPSA) is 76.3 Å². The highest BCUT2D eigenvalue weighted by molar-refractivity contribution is 6.17. The van der Waals surface area contributed by atoms with Crippen LogP contribution in [0.15, 0.2) is 70.0 Å². The van der Waals surface area contributed by atoms with Crippen LogP contribution in [0.3, 0.4) is 0 Å². The van der Waals surface area contributed by atoms with Gasteiger partial charge in [-0.15, -0.1) is 0 Å². The minimum atomic E-state index is -0.211. The molecule has 33 heavy (non-hydrogen) atoms. The molecule has 0 radical (unpaired) electrons. The minimum absolute atomic E-state index is 0.0275. The lowest BCUT2D eigenvalue weighted by Crippen LogP contribution is -2.32. The first-order chi connectivity index (χ1) is 15.9. The van der Waals surface area contributed by atoms with Gasteiger partial charge in [-0.05, 0) is 49.8 Å². The van der Waals surface area contributed by atoms with Gasteiger partial charge in [0.05, 0.1) is 22.7 Å². The molecule has 0 spiro atoms. The SMILES string of the molecule is CC=C(C=NC)C(=O)Nc1ccc(-c2nn(C(C(C)C)C3CC3)c(=O)c3ccccc23)cc1. The van der Waals surface area contributed by atoms with Crippen LogP contribution >= 0.6 is 0 Å². The lowest BCUT2D eigenvalue weighted by molar-refractivity contribution is -0.112. The van der Waals surface area contributed by atoms with Gasteiger partial charge in [-0.25, -0.2) is 4.68 Å². The molecular weight excluding hydrogens is 412 g/mol. The molecule has 3 aromatic rings. The molecule has 170 valence electrons. The van der Waals surface area contributed by atoms with Gasteiger partial charge in [0.25, 0.3) is 11.5 Å². The molecule has 1 unspecified atom stereocenters. The third kappa shape index (κ3) is 4.65. The number of rotatable bonds is 7. The van der Waals surface area contributed by atoms with Gasteiger partial charge >= 0.3 is 0 Å². The maximum absolute atomic E-state index is 13.3. The van der Waals surface area contributed by atoms with Gasteiger partial charge in [0.2, 0.25) is 0 Å². The van der Waals surface area contributed by atoms with Crippen LogP contribution in [0, 0.1) is 11.8 Å². The number of nitrogens with one attached hydrogen (secondary N) is 1. The summed E-state index contributed by atoms with van der Waals surface area (Å²) in [4.78, 5) is 29.7. The van der Waals surface area contributed by atoms with Crippen molar-refractivity contribution in [2.24, 2.45) is 16.8 Å². The molecule has 1 aliphatic rings. The van der Waals surface area contributed by atoms with Crippen molar-refractivity contribution < 1.29 is 4.79 Å². The summed E-state index contributed by atoms with van der Waals surface area (Å²) in [6.07, 6.45) is 5.55. The van der Waals surface area contributed by atoms with E-state index in [2.05, 4.69) is 24.2 Å². The van der Waals surface area contributed by atoms with Crippen LogP contribution in [0.5, 0.6) is 0 Å². The number of carbonyl (C=O) groups is 1. The molecule has 6 nitrogen and oxygen atoms in total. The number of allylic oxidation sites excluding steroid dienone is 1. The number of aromatic nitrogens is 2. The number of anilines is 1. The highest BCUT2D eigenvalue weighted by Gasteiger charge is 2.36. The van der Waals surface area contributed by atoms with Crippen molar-refractivity contribution >= 4 is 28.6 Å². The van der Waals surface area contributed by atoms with E-state index in [1.807, 2.05) is 48.5 Å². The Kier molecular flexibility index (Phi) is 6.54. The molecule has 1 N–H and O–H groups in total. The Hall–Kier alpha value is -3.54. The van der Waals surface area contributed by atoms with Crippen molar-refractivity contribution in [3.63, 3.8) is 0 Å². The smallest absolute Gasteiger partial charge is 0.274 e. The molecule has 2 aromatic carbocycles. The van der Waals surface area contributed by atoms with E-state index < -0.39 is 0 Å². The molecule has 0 bridgehead atoms. The largest absolute Gasteiger partial charge is 0.322 e. The second-order valence-corrected chi connectivity index (χ2v) is 8.88. The standard InChI is InChI=1S/C27H30N4O2/c1-5-18(16-28-4)26(32)29-21-14-12-19(13-15-21)24-22-8-6-7-9-23(22)27(33)31(30-24)25(17(2)3)20-10-11-20/h5-9,12-17,20,25H,10-11H2,1-4H3,(H,29,32). The Balaban J connectivity index is 1.74. The predicted octanol–water partition coefficient (Wildman–Crippen LogP) is 5.26. The monoisotopic (exact) mass is 442 g/mol. The molecule has 1 heterocycles.